The molecule has 0 fully saturated rings. The molecule has 0 N–H and O–H groups in total. The summed E-state index contributed by atoms with van der Waals surface area (Å²) in [5.74, 6) is 0.597. The lowest BCUT2D eigenvalue weighted by atomic mass is 10.2. The maximum Gasteiger partial charge on any atom is 0.265 e. The van der Waals surface area contributed by atoms with E-state index in [2.05, 4.69) is 0 Å². The third-order valence-corrected chi connectivity index (χ3v) is 3.51. The van der Waals surface area contributed by atoms with Crippen LogP contribution in [0.15, 0.2) is 28.4 Å². The number of rotatable bonds is 2. The molecule has 0 aliphatic heterocycles. The van der Waals surface area contributed by atoms with Gasteiger partial charge in [0.2, 0.25) is 0 Å². The number of halogens is 1. The zero-order valence-electron chi connectivity index (χ0n) is 8.86. The molecule has 1 heterocycles. The summed E-state index contributed by atoms with van der Waals surface area (Å²) in [4.78, 5) is 11.6. The summed E-state index contributed by atoms with van der Waals surface area (Å²) in [6, 6.07) is 5.09. The Labute approximate surface area is 102 Å². The van der Waals surface area contributed by atoms with Crippen LogP contribution in [0, 0.1) is 6.92 Å². The average molecular weight is 256 g/mol. The van der Waals surface area contributed by atoms with Gasteiger partial charge in [0.15, 0.2) is 0 Å². The molecule has 84 valence electrons. The van der Waals surface area contributed by atoms with Crippen LogP contribution in [0.5, 0.6) is 5.75 Å². The maximum absolute atomic E-state index is 11.6. The molecule has 3 nitrogen and oxygen atoms in total. The molecule has 0 saturated heterocycles. The Bertz CT molecular complexity index is 574. The van der Waals surface area contributed by atoms with E-state index in [0.717, 1.165) is 11.3 Å². The van der Waals surface area contributed by atoms with E-state index in [1.54, 1.807) is 22.5 Å². The van der Waals surface area contributed by atoms with Gasteiger partial charge in [0, 0.05) is 22.5 Å². The SMILES string of the molecule is COc1cc(Cl)c(C)cc1-n1sccc1=O. The Balaban J connectivity index is 2.69. The summed E-state index contributed by atoms with van der Waals surface area (Å²) in [6.45, 7) is 1.89. The molecule has 0 atom stereocenters. The minimum absolute atomic E-state index is 0.0648. The molecule has 0 aliphatic rings. The molecular formula is C11H10ClNO2S. The van der Waals surface area contributed by atoms with Gasteiger partial charge in [0.05, 0.1) is 7.11 Å². The highest BCUT2D eigenvalue weighted by molar-refractivity contribution is 7.04. The molecule has 16 heavy (non-hydrogen) atoms. The topological polar surface area (TPSA) is 31.2 Å². The van der Waals surface area contributed by atoms with Crippen molar-refractivity contribution in [2.75, 3.05) is 7.11 Å². The van der Waals surface area contributed by atoms with Crippen molar-refractivity contribution in [3.8, 4) is 11.4 Å². The molecule has 5 heteroatoms. The number of hydrogen-bond donors (Lipinski definition) is 0. The van der Waals surface area contributed by atoms with Crippen molar-refractivity contribution in [1.29, 1.82) is 0 Å². The van der Waals surface area contributed by atoms with Crippen molar-refractivity contribution in [1.82, 2.24) is 3.96 Å². The van der Waals surface area contributed by atoms with Crippen LogP contribution in [-0.2, 0) is 0 Å². The lowest BCUT2D eigenvalue weighted by molar-refractivity contribution is 0.413. The quantitative estimate of drug-likeness (QED) is 0.826. The number of aryl methyl sites for hydroxylation is 1. The molecule has 0 amide bonds. The smallest absolute Gasteiger partial charge is 0.265 e. The van der Waals surface area contributed by atoms with Crippen LogP contribution in [0.4, 0.5) is 0 Å². The van der Waals surface area contributed by atoms with Crippen molar-refractivity contribution in [3.63, 3.8) is 0 Å². The summed E-state index contributed by atoms with van der Waals surface area (Å²) >= 11 is 7.33. The summed E-state index contributed by atoms with van der Waals surface area (Å²) < 4.78 is 6.79. The Kier molecular flexibility index (Phi) is 3.03. The van der Waals surface area contributed by atoms with E-state index in [1.807, 2.05) is 13.0 Å². The van der Waals surface area contributed by atoms with Gasteiger partial charge in [-0.1, -0.05) is 23.1 Å². The average Bonchev–Trinajstić information content (AvgIpc) is 2.68. The Hall–Kier alpha value is -1.26. The minimum atomic E-state index is -0.0648. The third kappa shape index (κ3) is 1.86. The van der Waals surface area contributed by atoms with E-state index in [4.69, 9.17) is 16.3 Å². The van der Waals surface area contributed by atoms with Gasteiger partial charge in [-0.3, -0.25) is 4.79 Å². The molecule has 0 saturated carbocycles. The number of methoxy groups -OCH3 is 1. The van der Waals surface area contributed by atoms with Gasteiger partial charge in [-0.05, 0) is 18.6 Å². The van der Waals surface area contributed by atoms with Gasteiger partial charge >= 0.3 is 0 Å². The normalized spacial score (nSPS) is 10.4. The molecule has 1 aromatic heterocycles. The van der Waals surface area contributed by atoms with E-state index in [1.165, 1.54) is 17.6 Å². The first kappa shape index (κ1) is 11.2. The molecule has 0 aliphatic carbocycles. The molecule has 0 spiro atoms. The van der Waals surface area contributed by atoms with Gasteiger partial charge < -0.3 is 4.74 Å². The molecule has 0 bridgehead atoms. The van der Waals surface area contributed by atoms with Gasteiger partial charge in [-0.15, -0.1) is 0 Å². The van der Waals surface area contributed by atoms with Gasteiger partial charge in [-0.2, -0.15) is 0 Å². The van der Waals surface area contributed by atoms with Crippen LogP contribution < -0.4 is 10.3 Å². The minimum Gasteiger partial charge on any atom is -0.494 e. The lowest BCUT2D eigenvalue weighted by Crippen LogP contribution is -2.10. The predicted octanol–water partition coefficient (Wildman–Crippen LogP) is 2.87. The van der Waals surface area contributed by atoms with Crippen molar-refractivity contribution < 1.29 is 4.74 Å². The summed E-state index contributed by atoms with van der Waals surface area (Å²) in [7, 11) is 1.56. The largest absolute Gasteiger partial charge is 0.494 e. The molecule has 2 rings (SSSR count). The number of aromatic nitrogens is 1. The second kappa shape index (κ2) is 4.31. The van der Waals surface area contributed by atoms with Crippen LogP contribution in [0.1, 0.15) is 5.56 Å². The standard InChI is InChI=1S/C11H10ClNO2S/c1-7-5-9(10(15-2)6-8(7)12)13-11(14)3-4-16-13/h3-6H,1-2H3. The highest BCUT2D eigenvalue weighted by Gasteiger charge is 2.10. The van der Waals surface area contributed by atoms with E-state index in [9.17, 15) is 4.79 Å². The van der Waals surface area contributed by atoms with Gasteiger partial charge in [0.1, 0.15) is 11.4 Å². The highest BCUT2D eigenvalue weighted by atomic mass is 35.5. The van der Waals surface area contributed by atoms with E-state index in [-0.39, 0.29) is 5.56 Å². The molecular weight excluding hydrogens is 246 g/mol. The van der Waals surface area contributed by atoms with Crippen LogP contribution in [0.2, 0.25) is 5.02 Å². The molecule has 1 aromatic carbocycles. The molecule has 2 aromatic rings. The Morgan fingerprint density at radius 2 is 2.19 bits per heavy atom. The van der Waals surface area contributed by atoms with Gasteiger partial charge in [-0.25, -0.2) is 3.96 Å². The number of benzene rings is 1. The zero-order valence-corrected chi connectivity index (χ0v) is 10.4. The number of nitrogens with zero attached hydrogens (tertiary/aromatic N) is 1. The Morgan fingerprint density at radius 3 is 2.75 bits per heavy atom. The first-order chi connectivity index (χ1) is 7.63. The molecule has 0 radical (unpaired) electrons. The van der Waals surface area contributed by atoms with Crippen LogP contribution in [-0.4, -0.2) is 11.1 Å². The fourth-order valence-corrected chi connectivity index (χ4v) is 2.29. The van der Waals surface area contributed by atoms with Crippen LogP contribution in [0.25, 0.3) is 5.69 Å². The summed E-state index contributed by atoms with van der Waals surface area (Å²) in [6.07, 6.45) is 0. The van der Waals surface area contributed by atoms with E-state index < -0.39 is 0 Å². The monoisotopic (exact) mass is 255 g/mol. The number of ether oxygens (including phenoxy) is 1. The third-order valence-electron chi connectivity index (χ3n) is 2.26. The van der Waals surface area contributed by atoms with Crippen LogP contribution >= 0.6 is 23.1 Å². The zero-order chi connectivity index (χ0) is 11.7. The van der Waals surface area contributed by atoms with Crippen molar-refractivity contribution in [2.45, 2.75) is 6.92 Å². The van der Waals surface area contributed by atoms with Crippen molar-refractivity contribution >= 4 is 23.1 Å². The predicted molar refractivity (Wildman–Crippen MR) is 66.2 cm³/mol. The maximum atomic E-state index is 11.6. The summed E-state index contributed by atoms with van der Waals surface area (Å²) in [5.41, 5.74) is 1.58. The second-order valence-electron chi connectivity index (χ2n) is 3.31. The summed E-state index contributed by atoms with van der Waals surface area (Å²) in [5, 5.41) is 2.37. The van der Waals surface area contributed by atoms with E-state index in [0.29, 0.717) is 10.8 Å². The van der Waals surface area contributed by atoms with Crippen LogP contribution in [0.3, 0.4) is 0 Å². The second-order valence-corrected chi connectivity index (χ2v) is 4.57. The van der Waals surface area contributed by atoms with Crippen molar-refractivity contribution in [3.05, 3.63) is 44.5 Å². The first-order valence-electron chi connectivity index (χ1n) is 4.65. The van der Waals surface area contributed by atoms with Gasteiger partial charge in [0.25, 0.3) is 5.56 Å². The number of hydrogen-bond acceptors (Lipinski definition) is 3. The fraction of sp³-hybridized carbons (Fsp3) is 0.182. The fourth-order valence-electron chi connectivity index (χ4n) is 1.41. The lowest BCUT2D eigenvalue weighted by Gasteiger charge is -2.10. The molecule has 0 unspecified atom stereocenters. The highest BCUT2D eigenvalue weighted by Crippen LogP contribution is 2.29. The first-order valence-corrected chi connectivity index (χ1v) is 5.86. The Morgan fingerprint density at radius 1 is 1.44 bits per heavy atom. The van der Waals surface area contributed by atoms with E-state index >= 15 is 0 Å². The van der Waals surface area contributed by atoms with Crippen molar-refractivity contribution in [2.24, 2.45) is 0 Å².